The molecule has 0 spiro atoms. The van der Waals surface area contributed by atoms with E-state index < -0.39 is 0 Å². The van der Waals surface area contributed by atoms with Gasteiger partial charge in [-0.2, -0.15) is 0 Å². The van der Waals surface area contributed by atoms with Crippen LogP contribution in [0, 0.1) is 0 Å². The quantitative estimate of drug-likeness (QED) is 0.860. The molecule has 2 rings (SSSR count). The number of hydrogen-bond donors (Lipinski definition) is 1. The second-order valence-corrected chi connectivity index (χ2v) is 4.47. The Morgan fingerprint density at radius 3 is 2.82 bits per heavy atom. The van der Waals surface area contributed by atoms with Gasteiger partial charge in [0.25, 0.3) is 0 Å². The molecule has 92 valence electrons. The highest BCUT2D eigenvalue weighted by atomic mass is 16.2. The number of para-hydroxylation sites is 2. The van der Waals surface area contributed by atoms with Crippen LogP contribution in [0.3, 0.4) is 0 Å². The Morgan fingerprint density at radius 2 is 2.12 bits per heavy atom. The molecule has 1 aromatic carbocycles. The zero-order chi connectivity index (χ0) is 12.3. The molecule has 1 N–H and O–H groups in total. The van der Waals surface area contributed by atoms with Gasteiger partial charge >= 0.3 is 0 Å². The van der Waals surface area contributed by atoms with Crippen molar-refractivity contribution in [2.45, 2.75) is 39.2 Å². The van der Waals surface area contributed by atoms with E-state index in [9.17, 15) is 0 Å². The highest BCUT2D eigenvalue weighted by Gasteiger charge is 2.13. The van der Waals surface area contributed by atoms with Crippen LogP contribution < -0.4 is 0 Å². The Labute approximate surface area is 102 Å². The monoisotopic (exact) mass is 232 g/mol. The molecule has 0 bridgehead atoms. The first-order valence-corrected chi connectivity index (χ1v) is 6.34. The number of aliphatic hydroxyl groups excluding tert-OH is 1. The average Bonchev–Trinajstić information content (AvgIpc) is 2.73. The molecule has 1 unspecified atom stereocenters. The zero-order valence-corrected chi connectivity index (χ0v) is 10.6. The molecule has 0 amide bonds. The van der Waals surface area contributed by atoms with Gasteiger partial charge < -0.3 is 9.67 Å². The molecule has 0 saturated heterocycles. The molecule has 0 aliphatic rings. The van der Waals surface area contributed by atoms with Crippen LogP contribution in [0.15, 0.2) is 24.3 Å². The minimum absolute atomic E-state index is 0.226. The minimum Gasteiger partial charge on any atom is -0.396 e. The molecule has 17 heavy (non-hydrogen) atoms. The first-order valence-electron chi connectivity index (χ1n) is 6.34. The van der Waals surface area contributed by atoms with E-state index in [2.05, 4.69) is 41.6 Å². The first-order chi connectivity index (χ1) is 8.27. The molecule has 0 aliphatic heterocycles. The number of imidazole rings is 1. The Balaban J connectivity index is 2.49. The van der Waals surface area contributed by atoms with Gasteiger partial charge in [0.2, 0.25) is 0 Å². The molecular weight excluding hydrogens is 212 g/mol. The minimum atomic E-state index is 0.226. The van der Waals surface area contributed by atoms with Crippen molar-refractivity contribution in [3.63, 3.8) is 0 Å². The van der Waals surface area contributed by atoms with Crippen molar-refractivity contribution in [3.8, 4) is 0 Å². The SMILES string of the molecule is CCC(C)n1c(CCCO)nc2ccccc21. The van der Waals surface area contributed by atoms with E-state index in [0.717, 1.165) is 30.6 Å². The van der Waals surface area contributed by atoms with Crippen molar-refractivity contribution >= 4 is 11.0 Å². The summed E-state index contributed by atoms with van der Waals surface area (Å²) in [4.78, 5) is 4.67. The number of aliphatic hydroxyl groups is 1. The normalized spacial score (nSPS) is 13.1. The van der Waals surface area contributed by atoms with Gasteiger partial charge in [-0.25, -0.2) is 4.98 Å². The van der Waals surface area contributed by atoms with Crippen LogP contribution in [-0.2, 0) is 6.42 Å². The number of aryl methyl sites for hydroxylation is 1. The van der Waals surface area contributed by atoms with Gasteiger partial charge in [-0.15, -0.1) is 0 Å². The van der Waals surface area contributed by atoms with E-state index in [-0.39, 0.29) is 6.61 Å². The van der Waals surface area contributed by atoms with E-state index in [0.29, 0.717) is 6.04 Å². The Bertz CT molecular complexity index is 490. The summed E-state index contributed by atoms with van der Waals surface area (Å²) < 4.78 is 2.31. The van der Waals surface area contributed by atoms with Gasteiger partial charge in [0, 0.05) is 19.1 Å². The summed E-state index contributed by atoms with van der Waals surface area (Å²) in [6.07, 6.45) is 2.71. The van der Waals surface area contributed by atoms with Crippen LogP contribution in [0.5, 0.6) is 0 Å². The number of fused-ring (bicyclic) bond motifs is 1. The smallest absolute Gasteiger partial charge is 0.110 e. The van der Waals surface area contributed by atoms with Crippen molar-refractivity contribution in [2.24, 2.45) is 0 Å². The molecular formula is C14H20N2O. The predicted molar refractivity (Wildman–Crippen MR) is 70.1 cm³/mol. The molecule has 0 saturated carbocycles. The van der Waals surface area contributed by atoms with Crippen LogP contribution in [-0.4, -0.2) is 21.3 Å². The summed E-state index contributed by atoms with van der Waals surface area (Å²) in [6, 6.07) is 8.70. The van der Waals surface area contributed by atoms with Crippen LogP contribution in [0.2, 0.25) is 0 Å². The van der Waals surface area contributed by atoms with E-state index in [4.69, 9.17) is 5.11 Å². The van der Waals surface area contributed by atoms with Gasteiger partial charge in [0.15, 0.2) is 0 Å². The molecule has 0 radical (unpaired) electrons. The fourth-order valence-electron chi connectivity index (χ4n) is 2.18. The van der Waals surface area contributed by atoms with Crippen LogP contribution in [0.4, 0.5) is 0 Å². The fourth-order valence-corrected chi connectivity index (χ4v) is 2.18. The lowest BCUT2D eigenvalue weighted by Gasteiger charge is -2.15. The highest BCUT2D eigenvalue weighted by Crippen LogP contribution is 2.23. The average molecular weight is 232 g/mol. The molecule has 0 fully saturated rings. The van der Waals surface area contributed by atoms with E-state index in [1.807, 2.05) is 6.07 Å². The highest BCUT2D eigenvalue weighted by molar-refractivity contribution is 5.76. The lowest BCUT2D eigenvalue weighted by Crippen LogP contribution is -2.09. The third-order valence-corrected chi connectivity index (χ3v) is 3.26. The number of aromatic nitrogens is 2. The van der Waals surface area contributed by atoms with Crippen molar-refractivity contribution in [3.05, 3.63) is 30.1 Å². The first kappa shape index (κ1) is 12.1. The van der Waals surface area contributed by atoms with Gasteiger partial charge in [-0.3, -0.25) is 0 Å². The third kappa shape index (κ3) is 2.34. The Kier molecular flexibility index (Phi) is 3.79. The maximum absolute atomic E-state index is 8.95. The molecule has 3 nitrogen and oxygen atoms in total. The lowest BCUT2D eigenvalue weighted by atomic mass is 10.2. The molecule has 1 heterocycles. The Morgan fingerprint density at radius 1 is 1.35 bits per heavy atom. The standard InChI is InChI=1S/C14H20N2O/c1-3-11(2)16-13-8-5-4-7-12(13)15-14(16)9-6-10-17/h4-5,7-8,11,17H,3,6,9-10H2,1-2H3. The van der Waals surface area contributed by atoms with Gasteiger partial charge in [-0.1, -0.05) is 19.1 Å². The van der Waals surface area contributed by atoms with Crippen LogP contribution in [0.25, 0.3) is 11.0 Å². The van der Waals surface area contributed by atoms with Crippen molar-refractivity contribution in [1.29, 1.82) is 0 Å². The molecule has 1 atom stereocenters. The van der Waals surface area contributed by atoms with E-state index in [1.54, 1.807) is 0 Å². The van der Waals surface area contributed by atoms with Gasteiger partial charge in [-0.05, 0) is 31.9 Å². The number of benzene rings is 1. The molecule has 3 heteroatoms. The lowest BCUT2D eigenvalue weighted by molar-refractivity contribution is 0.286. The summed E-state index contributed by atoms with van der Waals surface area (Å²) in [6.45, 7) is 4.63. The molecule has 2 aromatic rings. The Hall–Kier alpha value is -1.35. The van der Waals surface area contributed by atoms with Gasteiger partial charge in [0.1, 0.15) is 5.82 Å². The van der Waals surface area contributed by atoms with Crippen molar-refractivity contribution in [1.82, 2.24) is 9.55 Å². The number of rotatable bonds is 5. The van der Waals surface area contributed by atoms with E-state index in [1.165, 1.54) is 5.52 Å². The summed E-state index contributed by atoms with van der Waals surface area (Å²) in [5, 5.41) is 8.95. The second kappa shape index (κ2) is 5.32. The predicted octanol–water partition coefficient (Wildman–Crippen LogP) is 2.93. The van der Waals surface area contributed by atoms with Crippen molar-refractivity contribution < 1.29 is 5.11 Å². The largest absolute Gasteiger partial charge is 0.396 e. The maximum Gasteiger partial charge on any atom is 0.110 e. The van der Waals surface area contributed by atoms with Crippen LogP contribution >= 0.6 is 0 Å². The van der Waals surface area contributed by atoms with E-state index >= 15 is 0 Å². The maximum atomic E-state index is 8.95. The third-order valence-electron chi connectivity index (χ3n) is 3.26. The summed E-state index contributed by atoms with van der Waals surface area (Å²) in [5.74, 6) is 1.09. The number of nitrogens with zero attached hydrogens (tertiary/aromatic N) is 2. The molecule has 1 aromatic heterocycles. The zero-order valence-electron chi connectivity index (χ0n) is 10.6. The van der Waals surface area contributed by atoms with Gasteiger partial charge in [0.05, 0.1) is 11.0 Å². The fraction of sp³-hybridized carbons (Fsp3) is 0.500. The summed E-state index contributed by atoms with van der Waals surface area (Å²) >= 11 is 0. The second-order valence-electron chi connectivity index (χ2n) is 4.47. The van der Waals surface area contributed by atoms with Crippen LogP contribution in [0.1, 0.15) is 38.6 Å². The summed E-state index contributed by atoms with van der Waals surface area (Å²) in [5.41, 5.74) is 2.26. The topological polar surface area (TPSA) is 38.0 Å². The molecule has 0 aliphatic carbocycles. The summed E-state index contributed by atoms with van der Waals surface area (Å²) in [7, 11) is 0. The number of hydrogen-bond acceptors (Lipinski definition) is 2. The van der Waals surface area contributed by atoms with Crippen molar-refractivity contribution in [2.75, 3.05) is 6.61 Å².